The first-order chi connectivity index (χ1) is 5.57. The van der Waals surface area contributed by atoms with Crippen LogP contribution in [0.25, 0.3) is 0 Å². The Morgan fingerprint density at radius 2 is 2.25 bits per heavy atom. The summed E-state index contributed by atoms with van der Waals surface area (Å²) in [6, 6.07) is 0. The van der Waals surface area contributed by atoms with Gasteiger partial charge in [-0.15, -0.1) is 0 Å². The van der Waals surface area contributed by atoms with Crippen molar-refractivity contribution in [1.82, 2.24) is 4.90 Å². The molecule has 0 heterocycles. The number of nitrogens with two attached hydrogens (primary N) is 1. The van der Waals surface area contributed by atoms with Crippen molar-refractivity contribution < 1.29 is 4.39 Å². The van der Waals surface area contributed by atoms with Gasteiger partial charge in [0.25, 0.3) is 0 Å². The van der Waals surface area contributed by atoms with E-state index in [1.807, 2.05) is 18.9 Å². The summed E-state index contributed by atoms with van der Waals surface area (Å²) in [4.78, 5) is 2.57. The van der Waals surface area contributed by atoms with E-state index < -0.39 is 0 Å². The van der Waals surface area contributed by atoms with Crippen LogP contribution < -0.4 is 5.73 Å². The van der Waals surface area contributed by atoms with E-state index in [-0.39, 0.29) is 12.6 Å². The Hall–Kier alpha value is -0.220. The fraction of sp³-hybridized carbons (Fsp3) is 0.875. The number of thiocarbonyl (C=S) groups is 1. The Balaban J connectivity index is 3.53. The highest BCUT2D eigenvalue weighted by Crippen LogP contribution is 1.99. The Labute approximate surface area is 78.9 Å². The van der Waals surface area contributed by atoms with E-state index in [1.165, 1.54) is 0 Å². The van der Waals surface area contributed by atoms with Gasteiger partial charge in [-0.05, 0) is 13.5 Å². The van der Waals surface area contributed by atoms with Crippen molar-refractivity contribution in [1.29, 1.82) is 0 Å². The highest BCUT2D eigenvalue weighted by atomic mass is 32.1. The van der Waals surface area contributed by atoms with Crippen molar-refractivity contribution in [2.75, 3.05) is 26.8 Å². The van der Waals surface area contributed by atoms with Crippen molar-refractivity contribution in [2.24, 2.45) is 11.7 Å². The molecule has 0 aromatic rings. The Kier molecular flexibility index (Phi) is 6.20. The van der Waals surface area contributed by atoms with Crippen molar-refractivity contribution in [3.63, 3.8) is 0 Å². The average Bonchev–Trinajstić information content (AvgIpc) is 2.00. The normalized spacial score (nSPS) is 13.3. The van der Waals surface area contributed by atoms with Gasteiger partial charge in [0.05, 0.1) is 11.7 Å². The molecule has 0 radical (unpaired) electrons. The number of nitrogens with zero attached hydrogens (tertiary/aromatic N) is 1. The smallest absolute Gasteiger partial charge is 0.0906 e. The van der Waals surface area contributed by atoms with E-state index in [9.17, 15) is 4.39 Å². The summed E-state index contributed by atoms with van der Waals surface area (Å²) in [6.07, 6.45) is 0.584. The molecule has 2 N–H and O–H groups in total. The molecule has 0 amide bonds. The van der Waals surface area contributed by atoms with Crippen LogP contribution in [0.2, 0.25) is 0 Å². The highest BCUT2D eigenvalue weighted by Gasteiger charge is 2.07. The van der Waals surface area contributed by atoms with E-state index >= 15 is 0 Å². The second kappa shape index (κ2) is 6.31. The maximum atomic E-state index is 11.8. The van der Waals surface area contributed by atoms with Gasteiger partial charge >= 0.3 is 0 Å². The Morgan fingerprint density at radius 1 is 1.67 bits per heavy atom. The van der Waals surface area contributed by atoms with Crippen LogP contribution in [-0.4, -0.2) is 36.7 Å². The number of rotatable bonds is 6. The minimum atomic E-state index is -0.258. The Morgan fingerprint density at radius 3 is 2.67 bits per heavy atom. The van der Waals surface area contributed by atoms with Crippen LogP contribution in [0.15, 0.2) is 0 Å². The molecule has 0 aromatic carbocycles. The molecule has 2 nitrogen and oxygen atoms in total. The number of hydrogen-bond acceptors (Lipinski definition) is 2. The third-order valence-corrected chi connectivity index (χ3v) is 2.15. The van der Waals surface area contributed by atoms with Gasteiger partial charge in [0, 0.05) is 19.0 Å². The van der Waals surface area contributed by atoms with Crippen LogP contribution in [0, 0.1) is 5.92 Å². The maximum Gasteiger partial charge on any atom is 0.0906 e. The van der Waals surface area contributed by atoms with Gasteiger partial charge in [-0.1, -0.05) is 19.1 Å². The van der Waals surface area contributed by atoms with Crippen LogP contribution in [0.1, 0.15) is 13.3 Å². The largest absolute Gasteiger partial charge is 0.393 e. The maximum absolute atomic E-state index is 11.8. The minimum absolute atomic E-state index is 0.213. The minimum Gasteiger partial charge on any atom is -0.393 e. The summed E-state index contributed by atoms with van der Waals surface area (Å²) >= 11 is 4.83. The highest BCUT2D eigenvalue weighted by molar-refractivity contribution is 7.80. The van der Waals surface area contributed by atoms with Gasteiger partial charge in [0.2, 0.25) is 0 Å². The molecular weight excluding hydrogens is 175 g/mol. The summed E-state index contributed by atoms with van der Waals surface area (Å²) in [5, 5.41) is 0. The number of halogens is 1. The average molecular weight is 192 g/mol. The Bertz CT molecular complexity index is 141. The quantitative estimate of drug-likeness (QED) is 0.641. The molecule has 1 atom stereocenters. The van der Waals surface area contributed by atoms with Gasteiger partial charge in [-0.25, -0.2) is 0 Å². The third kappa shape index (κ3) is 5.43. The number of hydrogen-bond donors (Lipinski definition) is 1. The van der Waals surface area contributed by atoms with E-state index in [0.717, 1.165) is 13.1 Å². The summed E-state index contributed by atoms with van der Waals surface area (Å²) in [7, 11) is 1.95. The van der Waals surface area contributed by atoms with Crippen LogP contribution in [-0.2, 0) is 0 Å². The SMILES string of the molecule is CC(CN(C)CCCF)C(N)=S. The molecule has 0 aliphatic heterocycles. The van der Waals surface area contributed by atoms with E-state index in [1.54, 1.807) is 0 Å². The molecule has 12 heavy (non-hydrogen) atoms. The first-order valence-corrected chi connectivity index (χ1v) is 4.52. The monoisotopic (exact) mass is 192 g/mol. The molecule has 0 saturated carbocycles. The van der Waals surface area contributed by atoms with Crippen molar-refractivity contribution in [2.45, 2.75) is 13.3 Å². The standard InChI is InChI=1S/C8H17FN2S/c1-7(8(10)12)6-11(2)5-3-4-9/h7H,3-6H2,1-2H3,(H2,10,12). The summed E-state index contributed by atoms with van der Waals surface area (Å²) < 4.78 is 11.8. The molecule has 0 bridgehead atoms. The lowest BCUT2D eigenvalue weighted by atomic mass is 10.2. The lowest BCUT2D eigenvalue weighted by Gasteiger charge is -2.19. The van der Waals surface area contributed by atoms with Gasteiger partial charge in [-0.3, -0.25) is 4.39 Å². The molecule has 0 spiro atoms. The fourth-order valence-electron chi connectivity index (χ4n) is 0.978. The first-order valence-electron chi connectivity index (χ1n) is 4.11. The summed E-state index contributed by atoms with van der Waals surface area (Å²) in [5.74, 6) is 0.213. The van der Waals surface area contributed by atoms with Crippen LogP contribution in [0.5, 0.6) is 0 Å². The second-order valence-electron chi connectivity index (χ2n) is 3.11. The van der Waals surface area contributed by atoms with Crippen LogP contribution >= 0.6 is 12.2 Å². The van der Waals surface area contributed by atoms with E-state index in [0.29, 0.717) is 11.4 Å². The summed E-state index contributed by atoms with van der Waals surface area (Å²) in [6.45, 7) is 3.30. The zero-order valence-corrected chi connectivity index (χ0v) is 8.53. The lowest BCUT2D eigenvalue weighted by molar-refractivity contribution is 0.294. The molecule has 0 aliphatic carbocycles. The predicted molar refractivity (Wildman–Crippen MR) is 54.0 cm³/mol. The number of alkyl halides is 1. The molecule has 72 valence electrons. The van der Waals surface area contributed by atoms with Crippen molar-refractivity contribution in [3.8, 4) is 0 Å². The molecule has 0 rings (SSSR count). The van der Waals surface area contributed by atoms with Crippen LogP contribution in [0.3, 0.4) is 0 Å². The van der Waals surface area contributed by atoms with E-state index in [4.69, 9.17) is 18.0 Å². The van der Waals surface area contributed by atoms with Crippen LogP contribution in [0.4, 0.5) is 4.39 Å². The van der Waals surface area contributed by atoms with Gasteiger partial charge in [0.1, 0.15) is 0 Å². The topological polar surface area (TPSA) is 29.3 Å². The molecule has 0 fully saturated rings. The van der Waals surface area contributed by atoms with Gasteiger partial charge in [-0.2, -0.15) is 0 Å². The molecule has 0 aliphatic rings. The zero-order chi connectivity index (χ0) is 9.56. The lowest BCUT2D eigenvalue weighted by Crippen LogP contribution is -2.32. The molecule has 4 heteroatoms. The van der Waals surface area contributed by atoms with E-state index in [2.05, 4.69) is 0 Å². The first kappa shape index (κ1) is 11.8. The molecule has 0 aromatic heterocycles. The molecule has 1 unspecified atom stereocenters. The summed E-state index contributed by atoms with van der Waals surface area (Å²) in [5.41, 5.74) is 5.44. The predicted octanol–water partition coefficient (Wildman–Crippen LogP) is 1.20. The molecule has 0 saturated heterocycles. The second-order valence-corrected chi connectivity index (χ2v) is 3.58. The van der Waals surface area contributed by atoms with Crippen molar-refractivity contribution >= 4 is 17.2 Å². The van der Waals surface area contributed by atoms with Gasteiger partial charge in [0.15, 0.2) is 0 Å². The van der Waals surface area contributed by atoms with Crippen molar-refractivity contribution in [3.05, 3.63) is 0 Å². The molecular formula is C8H17FN2S. The van der Waals surface area contributed by atoms with Gasteiger partial charge < -0.3 is 10.6 Å². The zero-order valence-electron chi connectivity index (χ0n) is 7.72. The fourth-order valence-corrected chi connectivity index (χ4v) is 1.05. The third-order valence-electron chi connectivity index (χ3n) is 1.74.